The Morgan fingerprint density at radius 2 is 1.33 bits per heavy atom. The summed E-state index contributed by atoms with van der Waals surface area (Å²) in [5.41, 5.74) is -4.86. The van der Waals surface area contributed by atoms with Crippen LogP contribution >= 0.6 is 0 Å². The smallest absolute Gasteiger partial charge is 0.312 e. The monoisotopic (exact) mass is 869 g/mol. The van der Waals surface area contributed by atoms with Gasteiger partial charge in [-0.15, -0.1) is 0 Å². The molecule has 61 heavy (non-hydrogen) atoms. The molecule has 0 aromatic rings. The molecule has 350 valence electrons. The van der Waals surface area contributed by atoms with Gasteiger partial charge in [-0.25, -0.2) is 0 Å². The van der Waals surface area contributed by atoms with E-state index in [-0.39, 0.29) is 68.1 Å². The first-order valence-corrected chi connectivity index (χ1v) is 22.3. The third kappa shape index (κ3) is 12.7. The van der Waals surface area contributed by atoms with Crippen LogP contribution in [-0.2, 0) is 61.9 Å². The van der Waals surface area contributed by atoms with E-state index in [4.69, 9.17) is 37.9 Å². The minimum atomic E-state index is -1.68. The van der Waals surface area contributed by atoms with Gasteiger partial charge in [0.25, 0.3) is 0 Å². The van der Waals surface area contributed by atoms with Gasteiger partial charge in [-0.3, -0.25) is 24.0 Å². The van der Waals surface area contributed by atoms with E-state index in [2.05, 4.69) is 0 Å². The molecule has 8 unspecified atom stereocenters. The summed E-state index contributed by atoms with van der Waals surface area (Å²) in [6.07, 6.45) is 6.83. The standard InChI is InChI=1S/C17H32O7.C16H26O3.C13H18O5/c1-8-16(5,6)14(19)23-11-17(20,10-22-12-21-7)9-13(18)24-15(2,3)4;1-4-14(2,3)13(17)19-16-8-11-5-12(9-16)7-15(18,6-11)10-16;1-4-13(2,3)12(15)18-9-7-5-6-8(16-7)10(9)17-11(6)14/h20H,8-12H2,1-7H3;11-12,18H,4-10H2,1-3H3;6-10H,4-5H2,1-3H3. The van der Waals surface area contributed by atoms with Gasteiger partial charge in [0.15, 0.2) is 12.2 Å². The zero-order valence-corrected chi connectivity index (χ0v) is 39.1. The highest BCUT2D eigenvalue weighted by atomic mass is 16.7. The lowest BCUT2D eigenvalue weighted by Gasteiger charge is -2.59. The number of aliphatic hydroxyl groups is 2. The highest BCUT2D eigenvalue weighted by Gasteiger charge is 2.65. The van der Waals surface area contributed by atoms with E-state index in [9.17, 15) is 34.2 Å². The maximum absolute atomic E-state index is 12.4. The predicted octanol–water partition coefficient (Wildman–Crippen LogP) is 6.15. The lowest BCUT2D eigenvalue weighted by Crippen LogP contribution is -2.61. The van der Waals surface area contributed by atoms with Crippen LogP contribution in [0, 0.1) is 34.0 Å². The van der Waals surface area contributed by atoms with Crippen LogP contribution in [0.15, 0.2) is 0 Å². The first kappa shape index (κ1) is 50.8. The van der Waals surface area contributed by atoms with E-state index < -0.39 is 57.2 Å². The van der Waals surface area contributed by atoms with Gasteiger partial charge in [-0.1, -0.05) is 20.8 Å². The minimum absolute atomic E-state index is 0.0506. The minimum Gasteiger partial charge on any atom is -0.462 e. The lowest BCUT2D eigenvalue weighted by atomic mass is 9.52. The highest BCUT2D eigenvalue weighted by Crippen LogP contribution is 2.59. The molecule has 0 aromatic heterocycles. The third-order valence-electron chi connectivity index (χ3n) is 13.6. The van der Waals surface area contributed by atoms with Crippen molar-refractivity contribution in [1.82, 2.24) is 0 Å². The number of carbonyl (C=O) groups is 5. The summed E-state index contributed by atoms with van der Waals surface area (Å²) in [4.78, 5) is 60.0. The van der Waals surface area contributed by atoms with Crippen LogP contribution in [0.25, 0.3) is 0 Å². The molecule has 3 saturated heterocycles. The molecule has 0 amide bonds. The molecular weight excluding hydrogens is 792 g/mol. The fourth-order valence-electron chi connectivity index (χ4n) is 9.18. The van der Waals surface area contributed by atoms with Gasteiger partial charge in [0.1, 0.15) is 36.3 Å². The first-order chi connectivity index (χ1) is 28.0. The van der Waals surface area contributed by atoms with E-state index in [1.807, 2.05) is 48.5 Å². The quantitative estimate of drug-likeness (QED) is 0.0775. The van der Waals surface area contributed by atoms with Gasteiger partial charge < -0.3 is 48.1 Å². The third-order valence-corrected chi connectivity index (χ3v) is 13.6. The average Bonchev–Trinajstić information content (AvgIpc) is 3.78. The Morgan fingerprint density at radius 1 is 0.770 bits per heavy atom. The van der Waals surface area contributed by atoms with Crippen LogP contribution in [0.1, 0.15) is 154 Å². The topological polar surface area (TPSA) is 200 Å². The second-order valence-electron chi connectivity index (χ2n) is 21.5. The highest BCUT2D eigenvalue weighted by molar-refractivity contribution is 5.79. The van der Waals surface area contributed by atoms with Crippen molar-refractivity contribution in [3.63, 3.8) is 0 Å². The van der Waals surface area contributed by atoms with E-state index in [1.165, 1.54) is 13.5 Å². The predicted molar refractivity (Wildman–Crippen MR) is 221 cm³/mol. The summed E-state index contributed by atoms with van der Waals surface area (Å²) in [5.74, 6) is -0.607. The molecule has 7 aliphatic rings. The molecular formula is C46H76O15. The normalized spacial score (nSPS) is 31.8. The van der Waals surface area contributed by atoms with Gasteiger partial charge in [0.2, 0.25) is 0 Å². The van der Waals surface area contributed by atoms with Crippen LogP contribution in [0.4, 0.5) is 0 Å². The van der Waals surface area contributed by atoms with Crippen molar-refractivity contribution in [2.75, 3.05) is 27.1 Å². The molecule has 8 atom stereocenters. The molecule has 3 aliphatic heterocycles. The molecule has 7 fully saturated rings. The van der Waals surface area contributed by atoms with E-state index in [0.717, 1.165) is 32.1 Å². The maximum Gasteiger partial charge on any atom is 0.312 e. The van der Waals surface area contributed by atoms with Crippen molar-refractivity contribution in [3.05, 3.63) is 0 Å². The summed E-state index contributed by atoms with van der Waals surface area (Å²) in [6.45, 7) is 21.5. The number of fused-ring (bicyclic) bond motifs is 1. The molecule has 15 nitrogen and oxygen atoms in total. The number of carbonyl (C=O) groups excluding carboxylic acids is 5. The fraction of sp³-hybridized carbons (Fsp3) is 0.891. The second kappa shape index (κ2) is 19.1. The molecule has 7 rings (SSSR count). The number of hydrogen-bond donors (Lipinski definition) is 2. The zero-order valence-electron chi connectivity index (χ0n) is 39.1. The molecule has 0 aromatic carbocycles. The number of rotatable bonds is 16. The van der Waals surface area contributed by atoms with Crippen molar-refractivity contribution in [2.24, 2.45) is 34.0 Å². The molecule has 6 bridgehead atoms. The van der Waals surface area contributed by atoms with Crippen molar-refractivity contribution >= 4 is 29.8 Å². The Bertz CT molecular complexity index is 1560. The fourth-order valence-corrected chi connectivity index (χ4v) is 9.18. The Hall–Kier alpha value is -2.85. The molecule has 0 radical (unpaired) electrons. The Labute approximate surface area is 362 Å². The molecule has 0 spiro atoms. The van der Waals surface area contributed by atoms with Gasteiger partial charge >= 0.3 is 29.8 Å². The van der Waals surface area contributed by atoms with Crippen LogP contribution in [0.2, 0.25) is 0 Å². The molecule has 4 aliphatic carbocycles. The van der Waals surface area contributed by atoms with Crippen LogP contribution in [0.3, 0.4) is 0 Å². The lowest BCUT2D eigenvalue weighted by molar-refractivity contribution is -0.225. The Balaban J connectivity index is 0.000000203. The summed E-state index contributed by atoms with van der Waals surface area (Å²) in [7, 11) is 1.44. The molecule has 3 heterocycles. The van der Waals surface area contributed by atoms with Crippen molar-refractivity contribution in [3.8, 4) is 0 Å². The van der Waals surface area contributed by atoms with Crippen LogP contribution < -0.4 is 0 Å². The van der Waals surface area contributed by atoms with Gasteiger partial charge in [0.05, 0.1) is 46.9 Å². The summed E-state index contributed by atoms with van der Waals surface area (Å²) < 4.78 is 42.8. The second-order valence-corrected chi connectivity index (χ2v) is 21.5. The van der Waals surface area contributed by atoms with Gasteiger partial charge in [-0.2, -0.15) is 0 Å². The number of methoxy groups -OCH3 is 1. The SMILES string of the molecule is CCC(C)(C)C(=O)OC12CC3CC(CC(O)(C3)C1)C2.CCC(C)(C)C(=O)OC1C2CC3C(=O)OC1C3O2.CCC(C)(C)C(=O)OCC(O)(COCOC)CC(=O)OC(C)(C)C. The zero-order chi connectivity index (χ0) is 46.0. The van der Waals surface area contributed by atoms with Crippen molar-refractivity contribution in [1.29, 1.82) is 0 Å². The van der Waals surface area contributed by atoms with E-state index in [1.54, 1.807) is 34.6 Å². The van der Waals surface area contributed by atoms with Gasteiger partial charge in [0, 0.05) is 13.5 Å². The Morgan fingerprint density at radius 3 is 1.85 bits per heavy atom. The summed E-state index contributed by atoms with van der Waals surface area (Å²) >= 11 is 0. The summed E-state index contributed by atoms with van der Waals surface area (Å²) in [5, 5.41) is 21.3. The number of ether oxygens (including phenoxy) is 8. The molecule has 15 heteroatoms. The maximum atomic E-state index is 12.4. The van der Waals surface area contributed by atoms with Crippen molar-refractivity contribution < 1.29 is 72.1 Å². The molecule has 2 N–H and O–H groups in total. The van der Waals surface area contributed by atoms with E-state index >= 15 is 0 Å². The number of hydrogen-bond acceptors (Lipinski definition) is 15. The van der Waals surface area contributed by atoms with Gasteiger partial charge in [-0.05, 0) is 132 Å². The molecule has 4 saturated carbocycles. The Kier molecular flexibility index (Phi) is 15.9. The van der Waals surface area contributed by atoms with E-state index in [0.29, 0.717) is 37.5 Å². The van der Waals surface area contributed by atoms with Crippen molar-refractivity contribution in [2.45, 2.75) is 201 Å². The largest absolute Gasteiger partial charge is 0.462 e. The summed E-state index contributed by atoms with van der Waals surface area (Å²) in [6, 6.07) is 0. The average molecular weight is 869 g/mol. The van der Waals surface area contributed by atoms with Crippen LogP contribution in [0.5, 0.6) is 0 Å². The van der Waals surface area contributed by atoms with Crippen LogP contribution in [-0.4, -0.2) is 114 Å². The number of esters is 5. The first-order valence-electron chi connectivity index (χ1n) is 22.3.